The standard InChI is InChI=1S/C21H16F2O5S/c22-21(23)28-17-8-6-15(7-9-17)20(24)14-27-16-10-12-19(13-11-16)29(25,26)18-4-2-1-3-5-18/h1-13,21H,14H2. The summed E-state index contributed by atoms with van der Waals surface area (Å²) in [4.78, 5) is 12.4. The highest BCUT2D eigenvalue weighted by Crippen LogP contribution is 2.23. The van der Waals surface area contributed by atoms with Crippen molar-refractivity contribution < 1.29 is 31.5 Å². The number of rotatable bonds is 8. The van der Waals surface area contributed by atoms with Crippen LogP contribution in [-0.4, -0.2) is 27.4 Å². The predicted molar refractivity (Wildman–Crippen MR) is 101 cm³/mol. The third-order valence-electron chi connectivity index (χ3n) is 3.96. The topological polar surface area (TPSA) is 69.7 Å². The van der Waals surface area contributed by atoms with Crippen molar-refractivity contribution in [2.75, 3.05) is 6.61 Å². The molecule has 0 unspecified atom stereocenters. The number of ether oxygens (including phenoxy) is 2. The lowest BCUT2D eigenvalue weighted by atomic mass is 10.1. The first-order valence-electron chi connectivity index (χ1n) is 8.47. The number of ketones is 1. The van der Waals surface area contributed by atoms with E-state index in [4.69, 9.17) is 4.74 Å². The second-order valence-electron chi connectivity index (χ2n) is 5.90. The number of halogens is 2. The van der Waals surface area contributed by atoms with E-state index in [-0.39, 0.29) is 33.5 Å². The fraction of sp³-hybridized carbons (Fsp3) is 0.0952. The zero-order chi connectivity index (χ0) is 20.9. The number of Topliss-reactive ketones (excluding diaryl/α,β-unsaturated/α-hetero) is 1. The molecule has 8 heteroatoms. The fourth-order valence-electron chi connectivity index (χ4n) is 2.51. The fourth-order valence-corrected chi connectivity index (χ4v) is 3.79. The lowest BCUT2D eigenvalue weighted by molar-refractivity contribution is -0.0498. The third kappa shape index (κ3) is 5.17. The number of alkyl halides is 2. The quantitative estimate of drug-likeness (QED) is 0.508. The van der Waals surface area contributed by atoms with Gasteiger partial charge in [-0.1, -0.05) is 18.2 Å². The molecule has 29 heavy (non-hydrogen) atoms. The first-order chi connectivity index (χ1) is 13.9. The summed E-state index contributed by atoms with van der Waals surface area (Å²) in [6.45, 7) is -3.23. The van der Waals surface area contributed by atoms with Crippen LogP contribution in [0.4, 0.5) is 8.78 Å². The van der Waals surface area contributed by atoms with E-state index in [1.165, 1.54) is 60.7 Å². The molecule has 0 fully saturated rings. The molecular formula is C21H16F2O5S. The summed E-state index contributed by atoms with van der Waals surface area (Å²) >= 11 is 0. The Balaban J connectivity index is 1.62. The predicted octanol–water partition coefficient (Wildman–Crippen LogP) is 4.38. The van der Waals surface area contributed by atoms with Gasteiger partial charge < -0.3 is 9.47 Å². The Hall–Kier alpha value is -3.26. The van der Waals surface area contributed by atoms with Gasteiger partial charge in [-0.3, -0.25) is 4.79 Å². The zero-order valence-corrected chi connectivity index (χ0v) is 15.8. The molecule has 0 aromatic heterocycles. The van der Waals surface area contributed by atoms with Crippen LogP contribution in [0.3, 0.4) is 0 Å². The van der Waals surface area contributed by atoms with Gasteiger partial charge >= 0.3 is 6.61 Å². The van der Waals surface area contributed by atoms with Crippen LogP contribution < -0.4 is 9.47 Å². The highest BCUT2D eigenvalue weighted by molar-refractivity contribution is 7.91. The summed E-state index contributed by atoms with van der Waals surface area (Å²) in [5.41, 5.74) is 0.273. The molecule has 0 atom stereocenters. The molecule has 0 amide bonds. The minimum Gasteiger partial charge on any atom is -0.485 e. The second kappa shape index (κ2) is 8.83. The second-order valence-corrected chi connectivity index (χ2v) is 7.85. The molecule has 0 bridgehead atoms. The minimum absolute atomic E-state index is 0.0484. The number of sulfone groups is 1. The van der Waals surface area contributed by atoms with Gasteiger partial charge in [0.15, 0.2) is 12.4 Å². The van der Waals surface area contributed by atoms with Crippen LogP contribution in [0, 0.1) is 0 Å². The van der Waals surface area contributed by atoms with Crippen LogP contribution in [0.25, 0.3) is 0 Å². The van der Waals surface area contributed by atoms with Gasteiger partial charge in [-0.15, -0.1) is 0 Å². The van der Waals surface area contributed by atoms with Crippen molar-refractivity contribution >= 4 is 15.6 Å². The molecule has 150 valence electrons. The molecule has 0 aliphatic heterocycles. The van der Waals surface area contributed by atoms with Gasteiger partial charge in [0, 0.05) is 5.56 Å². The van der Waals surface area contributed by atoms with Crippen LogP contribution in [0.15, 0.2) is 88.7 Å². The molecule has 3 aromatic rings. The minimum atomic E-state index is -3.63. The molecule has 0 aliphatic carbocycles. The van der Waals surface area contributed by atoms with E-state index in [1.54, 1.807) is 18.2 Å². The Morgan fingerprint density at radius 3 is 1.93 bits per heavy atom. The Bertz CT molecular complexity index is 1060. The average Bonchev–Trinajstić information content (AvgIpc) is 2.73. The largest absolute Gasteiger partial charge is 0.485 e. The zero-order valence-electron chi connectivity index (χ0n) is 15.0. The molecule has 5 nitrogen and oxygen atoms in total. The molecule has 3 rings (SSSR count). The van der Waals surface area contributed by atoms with Crippen LogP contribution >= 0.6 is 0 Å². The number of hydrogen-bond acceptors (Lipinski definition) is 5. The SMILES string of the molecule is O=C(COc1ccc(S(=O)(=O)c2ccccc2)cc1)c1ccc(OC(F)F)cc1. The van der Waals surface area contributed by atoms with Crippen molar-refractivity contribution in [1.29, 1.82) is 0 Å². The normalized spacial score (nSPS) is 11.3. The number of benzene rings is 3. The average molecular weight is 418 g/mol. The summed E-state index contributed by atoms with van der Waals surface area (Å²) in [5.74, 6) is -0.0923. The van der Waals surface area contributed by atoms with Crippen LogP contribution in [0.5, 0.6) is 11.5 Å². The molecule has 0 N–H and O–H groups in total. The van der Waals surface area contributed by atoms with Gasteiger partial charge in [-0.2, -0.15) is 8.78 Å². The van der Waals surface area contributed by atoms with Crippen LogP contribution in [-0.2, 0) is 9.84 Å². The highest BCUT2D eigenvalue weighted by atomic mass is 32.2. The highest BCUT2D eigenvalue weighted by Gasteiger charge is 2.17. The van der Waals surface area contributed by atoms with E-state index in [9.17, 15) is 22.0 Å². The number of carbonyl (C=O) groups excluding carboxylic acids is 1. The van der Waals surface area contributed by atoms with Gasteiger partial charge in [0.1, 0.15) is 11.5 Å². The molecular weight excluding hydrogens is 402 g/mol. The molecule has 3 aromatic carbocycles. The lowest BCUT2D eigenvalue weighted by Gasteiger charge is -2.08. The van der Waals surface area contributed by atoms with Crippen molar-refractivity contribution in [3.63, 3.8) is 0 Å². The van der Waals surface area contributed by atoms with Crippen LogP contribution in [0.1, 0.15) is 10.4 Å². The maximum absolute atomic E-state index is 12.5. The summed E-state index contributed by atoms with van der Waals surface area (Å²) in [5, 5.41) is 0. The number of hydrogen-bond donors (Lipinski definition) is 0. The van der Waals surface area contributed by atoms with Crippen molar-refractivity contribution in [2.24, 2.45) is 0 Å². The van der Waals surface area contributed by atoms with E-state index in [1.807, 2.05) is 0 Å². The molecule has 0 saturated heterocycles. The van der Waals surface area contributed by atoms with E-state index in [2.05, 4.69) is 4.74 Å². The van der Waals surface area contributed by atoms with Gasteiger partial charge in [0.2, 0.25) is 9.84 Å². The molecule has 0 spiro atoms. The van der Waals surface area contributed by atoms with Gasteiger partial charge in [-0.05, 0) is 60.7 Å². The van der Waals surface area contributed by atoms with E-state index < -0.39 is 16.4 Å². The third-order valence-corrected chi connectivity index (χ3v) is 5.74. The Kier molecular flexibility index (Phi) is 6.23. The molecule has 0 heterocycles. The first-order valence-corrected chi connectivity index (χ1v) is 9.95. The van der Waals surface area contributed by atoms with Crippen molar-refractivity contribution in [3.8, 4) is 11.5 Å². The Labute approximate surface area is 166 Å². The van der Waals surface area contributed by atoms with Gasteiger partial charge in [-0.25, -0.2) is 8.42 Å². The maximum atomic E-state index is 12.5. The van der Waals surface area contributed by atoms with Crippen molar-refractivity contribution in [3.05, 3.63) is 84.4 Å². The Morgan fingerprint density at radius 2 is 1.34 bits per heavy atom. The van der Waals surface area contributed by atoms with E-state index in [0.717, 1.165) is 0 Å². The smallest absolute Gasteiger partial charge is 0.387 e. The molecule has 0 aliphatic rings. The van der Waals surface area contributed by atoms with Gasteiger partial charge in [0.05, 0.1) is 9.79 Å². The molecule has 0 radical (unpaired) electrons. The maximum Gasteiger partial charge on any atom is 0.387 e. The van der Waals surface area contributed by atoms with Gasteiger partial charge in [0.25, 0.3) is 0 Å². The molecule has 0 saturated carbocycles. The van der Waals surface area contributed by atoms with Crippen molar-refractivity contribution in [2.45, 2.75) is 16.4 Å². The van der Waals surface area contributed by atoms with E-state index >= 15 is 0 Å². The first kappa shape index (κ1) is 20.5. The summed E-state index contributed by atoms with van der Waals surface area (Å²) in [6.07, 6.45) is 0. The Morgan fingerprint density at radius 1 is 0.793 bits per heavy atom. The number of carbonyl (C=O) groups is 1. The van der Waals surface area contributed by atoms with Crippen molar-refractivity contribution in [1.82, 2.24) is 0 Å². The van der Waals surface area contributed by atoms with E-state index in [0.29, 0.717) is 5.75 Å². The lowest BCUT2D eigenvalue weighted by Crippen LogP contribution is -2.12. The summed E-state index contributed by atoms with van der Waals surface area (Å²) < 4.78 is 59.0. The summed E-state index contributed by atoms with van der Waals surface area (Å²) in [6, 6.07) is 19.0. The summed E-state index contributed by atoms with van der Waals surface area (Å²) in [7, 11) is -3.63. The van der Waals surface area contributed by atoms with Crippen LogP contribution in [0.2, 0.25) is 0 Å². The monoisotopic (exact) mass is 418 g/mol.